The van der Waals surface area contributed by atoms with Gasteiger partial charge in [-0.25, -0.2) is 4.98 Å². The number of aryl methyl sites for hydroxylation is 1. The van der Waals surface area contributed by atoms with Crippen molar-refractivity contribution in [2.75, 3.05) is 12.4 Å². The predicted octanol–water partition coefficient (Wildman–Crippen LogP) is 4.62. The number of nitrogens with zero attached hydrogens (tertiary/aromatic N) is 5. The second kappa shape index (κ2) is 9.19. The number of rotatable bonds is 7. The topological polar surface area (TPSA) is 86.9 Å². The van der Waals surface area contributed by atoms with Gasteiger partial charge in [0.1, 0.15) is 5.75 Å². The van der Waals surface area contributed by atoms with Crippen LogP contribution in [-0.4, -0.2) is 37.6 Å². The molecule has 0 atom stereocenters. The van der Waals surface area contributed by atoms with E-state index in [0.717, 1.165) is 34.3 Å². The van der Waals surface area contributed by atoms with Crippen LogP contribution >= 0.6 is 0 Å². The Morgan fingerprint density at radius 2 is 1.85 bits per heavy atom. The van der Waals surface area contributed by atoms with E-state index in [1.807, 2.05) is 78.6 Å². The first-order valence-corrected chi connectivity index (χ1v) is 11.0. The zero-order chi connectivity index (χ0) is 23.5. The molecule has 8 nitrogen and oxygen atoms in total. The number of carbonyl (C=O) groups excluding carboxylic acids is 1. The van der Waals surface area contributed by atoms with Crippen molar-refractivity contribution < 1.29 is 9.53 Å². The van der Waals surface area contributed by atoms with Crippen LogP contribution in [-0.2, 0) is 13.1 Å². The van der Waals surface area contributed by atoms with Gasteiger partial charge in [0.05, 0.1) is 48.5 Å². The first-order valence-electron chi connectivity index (χ1n) is 11.0. The van der Waals surface area contributed by atoms with E-state index in [2.05, 4.69) is 15.5 Å². The summed E-state index contributed by atoms with van der Waals surface area (Å²) in [7, 11) is 1.64. The summed E-state index contributed by atoms with van der Waals surface area (Å²) in [6.07, 6.45) is 7.16. The van der Waals surface area contributed by atoms with Crippen LogP contribution in [0.5, 0.6) is 5.75 Å². The molecule has 3 heterocycles. The lowest BCUT2D eigenvalue weighted by Gasteiger charge is -2.09. The fraction of sp³-hybridized carbons (Fsp3) is 0.154. The predicted molar refractivity (Wildman–Crippen MR) is 131 cm³/mol. The Balaban J connectivity index is 1.41. The average molecular weight is 453 g/mol. The first-order chi connectivity index (χ1) is 16.6. The number of pyridine rings is 1. The van der Waals surface area contributed by atoms with E-state index in [4.69, 9.17) is 9.72 Å². The molecular formula is C26H24N6O2. The summed E-state index contributed by atoms with van der Waals surface area (Å²) in [6.45, 7) is 3.36. The Bertz CT molecular complexity index is 1470. The van der Waals surface area contributed by atoms with Crippen molar-refractivity contribution in [1.29, 1.82) is 0 Å². The third-order valence-corrected chi connectivity index (χ3v) is 5.58. The minimum Gasteiger partial charge on any atom is -0.497 e. The van der Waals surface area contributed by atoms with Crippen LogP contribution < -0.4 is 10.1 Å². The minimum atomic E-state index is -0.219. The Labute approximate surface area is 196 Å². The van der Waals surface area contributed by atoms with Gasteiger partial charge in [-0.3, -0.25) is 14.2 Å². The van der Waals surface area contributed by atoms with Gasteiger partial charge in [-0.2, -0.15) is 10.2 Å². The Morgan fingerprint density at radius 1 is 1.00 bits per heavy atom. The molecule has 0 spiro atoms. The smallest absolute Gasteiger partial charge is 0.256 e. The molecule has 0 fully saturated rings. The van der Waals surface area contributed by atoms with Crippen molar-refractivity contribution in [3.63, 3.8) is 0 Å². The van der Waals surface area contributed by atoms with Crippen LogP contribution in [0, 0.1) is 0 Å². The summed E-state index contributed by atoms with van der Waals surface area (Å²) in [5.74, 6) is 0.576. The molecule has 0 saturated carbocycles. The summed E-state index contributed by atoms with van der Waals surface area (Å²) < 4.78 is 8.90. The number of ether oxygens (including phenoxy) is 1. The number of para-hydroxylation sites is 1. The summed E-state index contributed by atoms with van der Waals surface area (Å²) in [5.41, 5.74) is 4.55. The van der Waals surface area contributed by atoms with Crippen molar-refractivity contribution in [2.24, 2.45) is 0 Å². The van der Waals surface area contributed by atoms with Crippen LogP contribution in [0.3, 0.4) is 0 Å². The lowest BCUT2D eigenvalue weighted by molar-refractivity contribution is 0.102. The molecule has 3 aromatic heterocycles. The number of carbonyl (C=O) groups is 1. The van der Waals surface area contributed by atoms with Crippen molar-refractivity contribution in [2.45, 2.75) is 20.0 Å². The molecule has 0 bridgehead atoms. The third-order valence-electron chi connectivity index (χ3n) is 5.58. The maximum absolute atomic E-state index is 13.3. The van der Waals surface area contributed by atoms with Crippen LogP contribution in [0.15, 0.2) is 79.4 Å². The summed E-state index contributed by atoms with van der Waals surface area (Å²) >= 11 is 0. The highest BCUT2D eigenvalue weighted by molar-refractivity contribution is 6.13. The first kappa shape index (κ1) is 21.4. The standard InChI is InChI=1S/C26H24N6O2/c1-3-31-16-19(13-27-31)25-12-23(22-9-4-5-10-24(22)30-25)26(33)29-20-14-28-32(17-20)15-18-7-6-8-21(11-18)34-2/h4-14,16-17H,3,15H2,1-2H3,(H,29,33). The highest BCUT2D eigenvalue weighted by Gasteiger charge is 2.16. The van der Waals surface area contributed by atoms with E-state index in [1.165, 1.54) is 0 Å². The van der Waals surface area contributed by atoms with E-state index in [-0.39, 0.29) is 5.91 Å². The van der Waals surface area contributed by atoms with E-state index >= 15 is 0 Å². The third kappa shape index (κ3) is 4.38. The van der Waals surface area contributed by atoms with Crippen LogP contribution in [0.25, 0.3) is 22.2 Å². The molecule has 5 aromatic rings. The highest BCUT2D eigenvalue weighted by Crippen LogP contribution is 2.25. The zero-order valence-corrected chi connectivity index (χ0v) is 19.0. The van der Waals surface area contributed by atoms with Crippen LogP contribution in [0.2, 0.25) is 0 Å². The molecule has 0 aliphatic rings. The number of anilines is 1. The summed E-state index contributed by atoms with van der Waals surface area (Å²) in [6, 6.07) is 17.3. The van der Waals surface area contributed by atoms with Gasteiger partial charge in [0.15, 0.2) is 0 Å². The second-order valence-electron chi connectivity index (χ2n) is 7.89. The Hall–Kier alpha value is -4.46. The number of aromatic nitrogens is 5. The largest absolute Gasteiger partial charge is 0.497 e. The van der Waals surface area contributed by atoms with Gasteiger partial charge in [0.25, 0.3) is 5.91 Å². The van der Waals surface area contributed by atoms with E-state index in [0.29, 0.717) is 23.5 Å². The Morgan fingerprint density at radius 3 is 2.68 bits per heavy atom. The SMILES string of the molecule is CCn1cc(-c2cc(C(=O)Nc3cnn(Cc4cccc(OC)c4)c3)c3ccccc3n2)cn1. The van der Waals surface area contributed by atoms with Crippen molar-refractivity contribution >= 4 is 22.5 Å². The quantitative estimate of drug-likeness (QED) is 0.389. The fourth-order valence-electron chi connectivity index (χ4n) is 3.85. The maximum Gasteiger partial charge on any atom is 0.256 e. The second-order valence-corrected chi connectivity index (χ2v) is 7.89. The average Bonchev–Trinajstić information content (AvgIpc) is 3.53. The molecule has 34 heavy (non-hydrogen) atoms. The van der Waals surface area contributed by atoms with E-state index in [9.17, 15) is 4.79 Å². The normalized spacial score (nSPS) is 11.0. The van der Waals surface area contributed by atoms with Gasteiger partial charge in [-0.15, -0.1) is 0 Å². The van der Waals surface area contributed by atoms with Crippen molar-refractivity contribution in [1.82, 2.24) is 24.5 Å². The number of benzene rings is 2. The Kier molecular flexibility index (Phi) is 5.78. The van der Waals surface area contributed by atoms with Gasteiger partial charge < -0.3 is 10.1 Å². The van der Waals surface area contributed by atoms with E-state index in [1.54, 1.807) is 24.2 Å². The van der Waals surface area contributed by atoms with Gasteiger partial charge in [-0.1, -0.05) is 30.3 Å². The molecule has 0 aliphatic carbocycles. The minimum absolute atomic E-state index is 0.219. The molecule has 5 rings (SSSR count). The molecule has 0 radical (unpaired) electrons. The zero-order valence-electron chi connectivity index (χ0n) is 19.0. The summed E-state index contributed by atoms with van der Waals surface area (Å²) in [4.78, 5) is 18.1. The van der Waals surface area contributed by atoms with Gasteiger partial charge >= 0.3 is 0 Å². The molecule has 1 N–H and O–H groups in total. The molecule has 170 valence electrons. The molecular weight excluding hydrogens is 428 g/mol. The number of nitrogens with one attached hydrogen (secondary N) is 1. The number of fused-ring (bicyclic) bond motifs is 1. The van der Waals surface area contributed by atoms with Gasteiger partial charge in [0.2, 0.25) is 0 Å². The lowest BCUT2D eigenvalue weighted by Crippen LogP contribution is -2.12. The molecule has 2 aromatic carbocycles. The number of methoxy groups -OCH3 is 1. The number of amides is 1. The monoisotopic (exact) mass is 452 g/mol. The highest BCUT2D eigenvalue weighted by atomic mass is 16.5. The van der Waals surface area contributed by atoms with Crippen LogP contribution in [0.4, 0.5) is 5.69 Å². The number of hydrogen-bond acceptors (Lipinski definition) is 5. The molecule has 1 amide bonds. The number of hydrogen-bond donors (Lipinski definition) is 1. The van der Waals surface area contributed by atoms with Crippen LogP contribution in [0.1, 0.15) is 22.8 Å². The molecule has 0 aliphatic heterocycles. The van der Waals surface area contributed by atoms with Crippen molar-refractivity contribution in [3.8, 4) is 17.0 Å². The lowest BCUT2D eigenvalue weighted by atomic mass is 10.0. The summed E-state index contributed by atoms with van der Waals surface area (Å²) in [5, 5.41) is 12.5. The molecule has 0 saturated heterocycles. The molecule has 0 unspecified atom stereocenters. The molecule has 8 heteroatoms. The van der Waals surface area contributed by atoms with Gasteiger partial charge in [0, 0.05) is 29.9 Å². The van der Waals surface area contributed by atoms with Crippen molar-refractivity contribution in [3.05, 3.63) is 90.5 Å². The van der Waals surface area contributed by atoms with E-state index < -0.39 is 0 Å². The maximum atomic E-state index is 13.3. The van der Waals surface area contributed by atoms with Gasteiger partial charge in [-0.05, 0) is 36.8 Å². The fourth-order valence-corrected chi connectivity index (χ4v) is 3.85.